The fraction of sp³-hybridized carbons (Fsp3) is 0.192. The van der Waals surface area contributed by atoms with Gasteiger partial charge in [-0.2, -0.15) is 5.26 Å². The molecular weight excluding hydrogens is 404 g/mol. The molecule has 1 amide bonds. The van der Waals surface area contributed by atoms with Gasteiger partial charge in [0, 0.05) is 5.56 Å². The molecule has 6 heteroatoms. The summed E-state index contributed by atoms with van der Waals surface area (Å²) in [4.78, 5) is 24.8. The van der Waals surface area contributed by atoms with Crippen molar-refractivity contribution in [1.29, 1.82) is 5.26 Å². The van der Waals surface area contributed by atoms with Crippen molar-refractivity contribution in [2.45, 2.75) is 26.5 Å². The number of carbonyl (C=O) groups is 2. The van der Waals surface area contributed by atoms with Crippen LogP contribution < -0.4 is 10.1 Å². The number of carboxylic acids is 1. The maximum absolute atomic E-state index is 12.8. The molecule has 0 aliphatic carbocycles. The standard InChI is InChI=1S/C26H24N2O4/c1-26(2,25(30)31)23(28-24(29)21-10-8-18(16-27)9-11-21)20-12-14-22(15-13-20)32-17-19-6-4-3-5-7-19/h3-15,23H,17H2,1-2H3,(H,28,29)(H,30,31). The van der Waals surface area contributed by atoms with Gasteiger partial charge in [0.25, 0.3) is 5.91 Å². The first-order valence-electron chi connectivity index (χ1n) is 10.1. The molecule has 3 rings (SSSR count). The van der Waals surface area contributed by atoms with Gasteiger partial charge in [0.15, 0.2) is 0 Å². The van der Waals surface area contributed by atoms with E-state index in [-0.39, 0.29) is 0 Å². The van der Waals surface area contributed by atoms with Crippen molar-refractivity contribution in [3.8, 4) is 11.8 Å². The second-order valence-electron chi connectivity index (χ2n) is 7.97. The zero-order valence-corrected chi connectivity index (χ0v) is 17.9. The minimum absolute atomic E-state index is 0.345. The van der Waals surface area contributed by atoms with Gasteiger partial charge in [-0.3, -0.25) is 9.59 Å². The lowest BCUT2D eigenvalue weighted by molar-refractivity contribution is -0.148. The van der Waals surface area contributed by atoms with Crippen LogP contribution in [0.25, 0.3) is 0 Å². The predicted molar refractivity (Wildman–Crippen MR) is 120 cm³/mol. The number of nitrogens with one attached hydrogen (secondary N) is 1. The number of amides is 1. The summed E-state index contributed by atoms with van der Waals surface area (Å²) < 4.78 is 5.80. The minimum Gasteiger partial charge on any atom is -0.489 e. The largest absolute Gasteiger partial charge is 0.489 e. The molecule has 0 saturated heterocycles. The number of rotatable bonds is 8. The molecule has 0 saturated carbocycles. The van der Waals surface area contributed by atoms with Crippen molar-refractivity contribution in [3.63, 3.8) is 0 Å². The highest BCUT2D eigenvalue weighted by molar-refractivity contribution is 5.95. The van der Waals surface area contributed by atoms with E-state index in [9.17, 15) is 14.7 Å². The Bertz CT molecular complexity index is 1120. The number of nitriles is 1. The molecule has 1 atom stereocenters. The Morgan fingerprint density at radius 2 is 1.62 bits per heavy atom. The molecule has 1 unspecified atom stereocenters. The van der Waals surface area contributed by atoms with E-state index in [2.05, 4.69) is 5.32 Å². The molecule has 0 radical (unpaired) electrons. The van der Waals surface area contributed by atoms with Gasteiger partial charge >= 0.3 is 5.97 Å². The molecule has 162 valence electrons. The first-order chi connectivity index (χ1) is 15.3. The van der Waals surface area contributed by atoms with Crippen molar-refractivity contribution in [1.82, 2.24) is 5.32 Å². The number of hydrogen-bond donors (Lipinski definition) is 2. The van der Waals surface area contributed by atoms with Gasteiger partial charge in [-0.05, 0) is 61.4 Å². The monoisotopic (exact) mass is 428 g/mol. The molecule has 6 nitrogen and oxygen atoms in total. The van der Waals surface area contributed by atoms with Gasteiger partial charge in [0.05, 0.1) is 23.1 Å². The van der Waals surface area contributed by atoms with Gasteiger partial charge in [-0.1, -0.05) is 42.5 Å². The van der Waals surface area contributed by atoms with E-state index in [1.807, 2.05) is 36.4 Å². The van der Waals surface area contributed by atoms with Crippen LogP contribution in [0.3, 0.4) is 0 Å². The van der Waals surface area contributed by atoms with Crippen LogP contribution in [0.4, 0.5) is 0 Å². The number of hydrogen-bond acceptors (Lipinski definition) is 4. The maximum atomic E-state index is 12.8. The Balaban J connectivity index is 1.79. The zero-order chi connectivity index (χ0) is 23.1. The van der Waals surface area contributed by atoms with Crippen molar-refractivity contribution in [2.75, 3.05) is 0 Å². The number of benzene rings is 3. The van der Waals surface area contributed by atoms with Crippen LogP contribution in [0.1, 0.15) is 46.9 Å². The average molecular weight is 428 g/mol. The highest BCUT2D eigenvalue weighted by atomic mass is 16.5. The summed E-state index contributed by atoms with van der Waals surface area (Å²) in [6.45, 7) is 3.55. The molecule has 3 aromatic rings. The van der Waals surface area contributed by atoms with Gasteiger partial charge in [0.1, 0.15) is 12.4 Å². The van der Waals surface area contributed by atoms with Gasteiger partial charge in [-0.15, -0.1) is 0 Å². The number of nitrogens with zero attached hydrogens (tertiary/aromatic N) is 1. The highest BCUT2D eigenvalue weighted by Gasteiger charge is 2.39. The van der Waals surface area contributed by atoms with Gasteiger partial charge < -0.3 is 15.2 Å². The molecule has 0 bridgehead atoms. The third-order valence-corrected chi connectivity index (χ3v) is 5.29. The molecule has 0 spiro atoms. The molecule has 0 heterocycles. The topological polar surface area (TPSA) is 99.4 Å². The normalized spacial score (nSPS) is 11.8. The van der Waals surface area contributed by atoms with Gasteiger partial charge in [-0.25, -0.2) is 0 Å². The minimum atomic E-state index is -1.27. The molecule has 0 fully saturated rings. The Morgan fingerprint density at radius 3 is 2.19 bits per heavy atom. The number of carbonyl (C=O) groups excluding carboxylic acids is 1. The third kappa shape index (κ3) is 5.32. The molecule has 0 aliphatic heterocycles. The summed E-state index contributed by atoms with van der Waals surface area (Å²) in [7, 11) is 0. The molecule has 0 aliphatic rings. The van der Waals surface area contributed by atoms with E-state index in [0.29, 0.717) is 29.0 Å². The summed E-state index contributed by atoms with van der Waals surface area (Å²) in [6.07, 6.45) is 0. The van der Waals surface area contributed by atoms with E-state index >= 15 is 0 Å². The molecular formula is C26H24N2O4. The summed E-state index contributed by atoms with van der Waals surface area (Å²) in [6, 6.07) is 24.2. The summed E-state index contributed by atoms with van der Waals surface area (Å²) >= 11 is 0. The Labute approximate surface area is 187 Å². The fourth-order valence-electron chi connectivity index (χ4n) is 3.21. The second-order valence-corrected chi connectivity index (χ2v) is 7.97. The van der Waals surface area contributed by atoms with Crippen LogP contribution in [0.5, 0.6) is 5.75 Å². The lowest BCUT2D eigenvalue weighted by Gasteiger charge is -2.31. The van der Waals surface area contributed by atoms with Gasteiger partial charge in [0.2, 0.25) is 0 Å². The zero-order valence-electron chi connectivity index (χ0n) is 17.9. The van der Waals surface area contributed by atoms with Crippen LogP contribution in [-0.4, -0.2) is 17.0 Å². The van der Waals surface area contributed by atoms with Crippen LogP contribution >= 0.6 is 0 Å². The molecule has 32 heavy (non-hydrogen) atoms. The highest BCUT2D eigenvalue weighted by Crippen LogP contribution is 2.35. The average Bonchev–Trinajstić information content (AvgIpc) is 2.82. The van der Waals surface area contributed by atoms with Crippen molar-refractivity contribution in [3.05, 3.63) is 101 Å². The quantitative estimate of drug-likeness (QED) is 0.541. The smallest absolute Gasteiger partial charge is 0.311 e. The van der Waals surface area contributed by atoms with Crippen LogP contribution in [0, 0.1) is 16.7 Å². The number of aliphatic carboxylic acids is 1. The molecule has 0 aromatic heterocycles. The summed E-state index contributed by atoms with van der Waals surface area (Å²) in [5.74, 6) is -0.812. The second kappa shape index (κ2) is 9.80. The lowest BCUT2D eigenvalue weighted by atomic mass is 9.80. The van der Waals surface area contributed by atoms with Crippen molar-refractivity contribution < 1.29 is 19.4 Å². The van der Waals surface area contributed by atoms with Crippen LogP contribution in [0.2, 0.25) is 0 Å². The lowest BCUT2D eigenvalue weighted by Crippen LogP contribution is -2.42. The molecule has 2 N–H and O–H groups in total. The summed E-state index contributed by atoms with van der Waals surface area (Å²) in [5, 5.41) is 21.5. The Morgan fingerprint density at radius 1 is 1.00 bits per heavy atom. The maximum Gasteiger partial charge on any atom is 0.311 e. The first kappa shape index (κ1) is 22.6. The van der Waals surface area contributed by atoms with E-state index in [1.54, 1.807) is 62.4 Å². The predicted octanol–water partition coefficient (Wildman–Crippen LogP) is 4.72. The fourth-order valence-corrected chi connectivity index (χ4v) is 3.21. The Hall–Kier alpha value is -4.11. The number of carboxylic acid groups (broad SMARTS) is 1. The summed E-state index contributed by atoms with van der Waals surface area (Å²) in [5.41, 5.74) is 1.20. The third-order valence-electron chi connectivity index (χ3n) is 5.29. The van der Waals surface area contributed by atoms with E-state index < -0.39 is 23.3 Å². The van der Waals surface area contributed by atoms with Crippen LogP contribution in [-0.2, 0) is 11.4 Å². The number of ether oxygens (including phenoxy) is 1. The first-order valence-corrected chi connectivity index (χ1v) is 10.1. The van der Waals surface area contributed by atoms with E-state index in [1.165, 1.54) is 0 Å². The SMILES string of the molecule is CC(C)(C(=O)O)C(NC(=O)c1ccc(C#N)cc1)c1ccc(OCc2ccccc2)cc1. The van der Waals surface area contributed by atoms with E-state index in [0.717, 1.165) is 5.56 Å². The van der Waals surface area contributed by atoms with Crippen LogP contribution in [0.15, 0.2) is 78.9 Å². The Kier molecular flexibility index (Phi) is 6.91. The molecule has 3 aromatic carbocycles. The van der Waals surface area contributed by atoms with Crippen molar-refractivity contribution >= 4 is 11.9 Å². The van der Waals surface area contributed by atoms with E-state index in [4.69, 9.17) is 10.00 Å². The van der Waals surface area contributed by atoms with Crippen molar-refractivity contribution in [2.24, 2.45) is 5.41 Å².